The lowest BCUT2D eigenvalue weighted by atomic mass is 9.94. The summed E-state index contributed by atoms with van der Waals surface area (Å²) in [7, 11) is 1.83. The molecule has 1 aliphatic heterocycles. The van der Waals surface area contributed by atoms with Crippen molar-refractivity contribution in [3.8, 4) is 0 Å². The number of rotatable bonds is 2. The average Bonchev–Trinajstić information content (AvgIpc) is 2.51. The molecule has 1 aliphatic rings. The largest absolute Gasteiger partial charge is 0.320 e. The van der Waals surface area contributed by atoms with Crippen molar-refractivity contribution in [2.75, 3.05) is 11.9 Å². The molecule has 0 saturated carbocycles. The molecule has 1 amide bonds. The summed E-state index contributed by atoms with van der Waals surface area (Å²) < 4.78 is 1.20. The molecule has 0 spiro atoms. The van der Waals surface area contributed by atoms with Gasteiger partial charge < -0.3 is 10.6 Å². The maximum absolute atomic E-state index is 11.7. The van der Waals surface area contributed by atoms with Crippen LogP contribution in [0.5, 0.6) is 0 Å². The van der Waals surface area contributed by atoms with E-state index in [1.54, 1.807) is 4.90 Å². The maximum atomic E-state index is 11.7. The Kier molecular flexibility index (Phi) is 3.99. The summed E-state index contributed by atoms with van der Waals surface area (Å²) in [6.07, 6.45) is 1.37. The smallest absolute Gasteiger partial charge is 0.227 e. The van der Waals surface area contributed by atoms with Crippen molar-refractivity contribution in [3.05, 3.63) is 62.7 Å². The van der Waals surface area contributed by atoms with Gasteiger partial charge in [0.05, 0.1) is 6.04 Å². The van der Waals surface area contributed by atoms with Gasteiger partial charge >= 0.3 is 0 Å². The number of nitrogens with zero attached hydrogens (tertiary/aromatic N) is 1. The van der Waals surface area contributed by atoms with Crippen LogP contribution in [0.3, 0.4) is 0 Å². The Morgan fingerprint density at radius 3 is 2.48 bits per heavy atom. The molecule has 2 aromatic rings. The Balaban J connectivity index is 1.93. The lowest BCUT2D eigenvalue weighted by Gasteiger charge is -2.27. The van der Waals surface area contributed by atoms with Crippen LogP contribution in [0.4, 0.5) is 5.69 Å². The highest BCUT2D eigenvalue weighted by Gasteiger charge is 2.21. The third-order valence-corrected chi connectivity index (χ3v) is 4.75. The fourth-order valence-corrected chi connectivity index (χ4v) is 3.09. The number of halogens is 1. The zero-order valence-electron chi connectivity index (χ0n) is 11.8. The van der Waals surface area contributed by atoms with E-state index in [1.165, 1.54) is 9.13 Å². The third-order valence-electron chi connectivity index (χ3n) is 4.04. The predicted octanol–water partition coefficient (Wildman–Crippen LogP) is 3.25. The molecule has 0 fully saturated rings. The number of hydrogen-bond acceptors (Lipinski definition) is 2. The van der Waals surface area contributed by atoms with Crippen LogP contribution < -0.4 is 10.6 Å². The lowest BCUT2D eigenvalue weighted by Crippen LogP contribution is -2.31. The van der Waals surface area contributed by atoms with Crippen molar-refractivity contribution < 1.29 is 4.79 Å². The molecule has 0 radical (unpaired) electrons. The predicted molar refractivity (Wildman–Crippen MR) is 93.4 cm³/mol. The molecular formula is C17H17IN2O. The van der Waals surface area contributed by atoms with Gasteiger partial charge in [-0.25, -0.2) is 0 Å². The molecule has 0 aliphatic carbocycles. The van der Waals surface area contributed by atoms with E-state index in [-0.39, 0.29) is 11.9 Å². The first-order valence-corrected chi connectivity index (χ1v) is 8.04. The Morgan fingerprint density at radius 2 is 1.76 bits per heavy atom. The van der Waals surface area contributed by atoms with Crippen molar-refractivity contribution >= 4 is 34.2 Å². The minimum atomic E-state index is -0.129. The van der Waals surface area contributed by atoms with E-state index in [0.717, 1.165) is 23.2 Å². The van der Waals surface area contributed by atoms with Gasteiger partial charge in [0.25, 0.3) is 0 Å². The molecule has 1 atom stereocenters. The minimum absolute atomic E-state index is 0.129. The molecule has 1 unspecified atom stereocenters. The van der Waals surface area contributed by atoms with Gasteiger partial charge in [0.1, 0.15) is 0 Å². The first-order chi connectivity index (χ1) is 10.1. The van der Waals surface area contributed by atoms with Crippen LogP contribution >= 0.6 is 22.6 Å². The Labute approximate surface area is 138 Å². The van der Waals surface area contributed by atoms with E-state index in [2.05, 4.69) is 52.9 Å². The molecule has 0 saturated heterocycles. The highest BCUT2D eigenvalue weighted by molar-refractivity contribution is 14.1. The van der Waals surface area contributed by atoms with E-state index in [4.69, 9.17) is 5.73 Å². The third kappa shape index (κ3) is 2.82. The summed E-state index contributed by atoms with van der Waals surface area (Å²) in [6.45, 7) is 0. The average molecular weight is 392 g/mol. The topological polar surface area (TPSA) is 46.3 Å². The van der Waals surface area contributed by atoms with Gasteiger partial charge in [0.2, 0.25) is 5.91 Å². The molecule has 3 rings (SSSR count). The minimum Gasteiger partial charge on any atom is -0.320 e. The summed E-state index contributed by atoms with van der Waals surface area (Å²) >= 11 is 2.29. The summed E-state index contributed by atoms with van der Waals surface area (Å²) in [4.78, 5) is 13.5. The number of nitrogens with two attached hydrogens (primary N) is 1. The van der Waals surface area contributed by atoms with Gasteiger partial charge in [-0.05, 0) is 63.9 Å². The van der Waals surface area contributed by atoms with E-state index in [9.17, 15) is 4.79 Å². The molecule has 21 heavy (non-hydrogen) atoms. The van der Waals surface area contributed by atoms with Crippen molar-refractivity contribution in [2.24, 2.45) is 5.73 Å². The van der Waals surface area contributed by atoms with Gasteiger partial charge in [0.15, 0.2) is 0 Å². The van der Waals surface area contributed by atoms with Crippen LogP contribution in [0.2, 0.25) is 0 Å². The lowest BCUT2D eigenvalue weighted by molar-refractivity contribution is -0.118. The van der Waals surface area contributed by atoms with E-state index < -0.39 is 0 Å². The second kappa shape index (κ2) is 5.77. The first-order valence-electron chi connectivity index (χ1n) is 6.96. The summed E-state index contributed by atoms with van der Waals surface area (Å²) in [5, 5.41) is 0. The summed E-state index contributed by atoms with van der Waals surface area (Å²) in [6, 6.07) is 14.3. The van der Waals surface area contributed by atoms with Gasteiger partial charge in [-0.3, -0.25) is 4.79 Å². The molecular weight excluding hydrogens is 375 g/mol. The maximum Gasteiger partial charge on any atom is 0.227 e. The normalized spacial score (nSPS) is 15.8. The van der Waals surface area contributed by atoms with Crippen molar-refractivity contribution in [1.82, 2.24) is 0 Å². The second-order valence-corrected chi connectivity index (χ2v) is 6.62. The van der Waals surface area contributed by atoms with Crippen LogP contribution in [0, 0.1) is 3.57 Å². The van der Waals surface area contributed by atoms with Crippen LogP contribution in [-0.2, 0) is 11.2 Å². The number of hydrogen-bond donors (Lipinski definition) is 1. The molecule has 1 heterocycles. The highest BCUT2D eigenvalue weighted by Crippen LogP contribution is 2.30. The highest BCUT2D eigenvalue weighted by atomic mass is 127. The monoisotopic (exact) mass is 392 g/mol. The second-order valence-electron chi connectivity index (χ2n) is 5.37. The van der Waals surface area contributed by atoms with Crippen molar-refractivity contribution in [3.63, 3.8) is 0 Å². The molecule has 0 aromatic heterocycles. The number of fused-ring (bicyclic) bond motifs is 1. The zero-order valence-corrected chi connectivity index (χ0v) is 14.0. The van der Waals surface area contributed by atoms with E-state index >= 15 is 0 Å². The number of carbonyl (C=O) groups is 1. The number of benzene rings is 2. The van der Waals surface area contributed by atoms with Crippen LogP contribution in [0.1, 0.15) is 29.2 Å². The van der Waals surface area contributed by atoms with Gasteiger partial charge in [-0.15, -0.1) is 0 Å². The Bertz CT molecular complexity index is 682. The Morgan fingerprint density at radius 1 is 1.10 bits per heavy atom. The number of aryl methyl sites for hydroxylation is 1. The van der Waals surface area contributed by atoms with Crippen molar-refractivity contribution in [1.29, 1.82) is 0 Å². The molecule has 4 heteroatoms. The van der Waals surface area contributed by atoms with E-state index in [1.807, 2.05) is 19.2 Å². The molecule has 2 aromatic carbocycles. The van der Waals surface area contributed by atoms with Gasteiger partial charge in [-0.2, -0.15) is 0 Å². The molecule has 3 nitrogen and oxygen atoms in total. The molecule has 108 valence electrons. The molecule has 0 bridgehead atoms. The van der Waals surface area contributed by atoms with E-state index in [0.29, 0.717) is 6.42 Å². The Hall–Kier alpha value is -1.40. The SMILES string of the molecule is CN1C(=O)CCc2cc(C(N)c3ccc(I)cc3)ccc21. The van der Waals surface area contributed by atoms with Crippen LogP contribution in [0.25, 0.3) is 0 Å². The quantitative estimate of drug-likeness (QED) is 0.798. The number of amides is 1. The standard InChI is InChI=1S/C17H17IN2O/c1-20-15-8-4-13(10-12(15)5-9-16(20)21)17(19)11-2-6-14(18)7-3-11/h2-4,6-8,10,17H,5,9,19H2,1H3. The van der Waals surface area contributed by atoms with Gasteiger partial charge in [-0.1, -0.05) is 24.3 Å². The summed E-state index contributed by atoms with van der Waals surface area (Å²) in [5.74, 6) is 0.178. The summed E-state index contributed by atoms with van der Waals surface area (Å²) in [5.41, 5.74) is 10.8. The first kappa shape index (κ1) is 14.5. The zero-order chi connectivity index (χ0) is 15.0. The number of anilines is 1. The molecule has 2 N–H and O–H groups in total. The fourth-order valence-electron chi connectivity index (χ4n) is 2.73. The number of carbonyl (C=O) groups excluding carboxylic acids is 1. The van der Waals surface area contributed by atoms with Crippen LogP contribution in [0.15, 0.2) is 42.5 Å². The van der Waals surface area contributed by atoms with Gasteiger partial charge in [0, 0.05) is 22.7 Å². The fraction of sp³-hybridized carbons (Fsp3) is 0.235. The van der Waals surface area contributed by atoms with Crippen LogP contribution in [-0.4, -0.2) is 13.0 Å². The van der Waals surface area contributed by atoms with Crippen molar-refractivity contribution in [2.45, 2.75) is 18.9 Å².